The fourth-order valence-electron chi connectivity index (χ4n) is 2.98. The molecule has 0 unspecified atom stereocenters. The first kappa shape index (κ1) is 22.5. The van der Waals surface area contributed by atoms with Crippen LogP contribution in [-0.2, 0) is 9.19 Å². The molecule has 0 amide bonds. The molecule has 0 spiro atoms. The highest BCUT2D eigenvalue weighted by molar-refractivity contribution is 8.18. The Hall–Kier alpha value is -3.72. The average Bonchev–Trinajstić information content (AvgIpc) is 3.30. The van der Waals surface area contributed by atoms with Gasteiger partial charge < -0.3 is 9.05 Å². The number of phosphoric acid groups is 1. The Labute approximate surface area is 196 Å². The normalized spacial score (nSPS) is 15.7. The maximum Gasteiger partial charge on any atom is 0.668 e. The number of oxime groups is 1. The van der Waals surface area contributed by atoms with Gasteiger partial charge in [0.05, 0.1) is 5.57 Å². The first-order valence-electron chi connectivity index (χ1n) is 9.99. The summed E-state index contributed by atoms with van der Waals surface area (Å²) in [7, 11) is -4.15. The highest BCUT2D eigenvalue weighted by Crippen LogP contribution is 2.50. The summed E-state index contributed by atoms with van der Waals surface area (Å²) < 4.78 is 29.8. The van der Waals surface area contributed by atoms with Crippen LogP contribution in [0.5, 0.6) is 11.5 Å². The first-order chi connectivity index (χ1) is 16.1. The van der Waals surface area contributed by atoms with Gasteiger partial charge in [-0.3, -0.25) is 4.62 Å². The van der Waals surface area contributed by atoms with E-state index in [1.165, 1.54) is 11.8 Å². The Balaban J connectivity index is 1.57. The lowest BCUT2D eigenvalue weighted by Crippen LogP contribution is -2.03. The zero-order valence-corrected chi connectivity index (χ0v) is 19.3. The Bertz CT molecular complexity index is 1270. The number of hydrogen-bond acceptors (Lipinski definition) is 7. The predicted molar refractivity (Wildman–Crippen MR) is 131 cm³/mol. The number of hydrogen-bond donors (Lipinski definition) is 0. The van der Waals surface area contributed by atoms with E-state index >= 15 is 0 Å². The molecule has 1 aliphatic rings. The molecule has 0 aliphatic carbocycles. The highest BCUT2D eigenvalue weighted by atomic mass is 32.2. The van der Waals surface area contributed by atoms with Crippen LogP contribution in [0.25, 0.3) is 5.57 Å². The number of nitriles is 1. The molecular weight excluding hydrogens is 455 g/mol. The minimum Gasteiger partial charge on any atom is -0.385 e. The maximum atomic E-state index is 13.4. The number of allylic oxidation sites excluding steroid dienone is 2. The zero-order valence-electron chi connectivity index (χ0n) is 17.6. The molecular formula is C25H19N2O4PS. The maximum absolute atomic E-state index is 13.4. The van der Waals surface area contributed by atoms with Gasteiger partial charge in [0.15, 0.2) is 0 Å². The number of benzene rings is 3. The van der Waals surface area contributed by atoms with Crippen molar-refractivity contribution in [1.82, 2.24) is 0 Å². The van der Waals surface area contributed by atoms with E-state index in [2.05, 4.69) is 11.2 Å². The molecule has 1 heterocycles. The molecule has 3 aromatic rings. The van der Waals surface area contributed by atoms with E-state index in [1.807, 2.05) is 43.3 Å². The monoisotopic (exact) mass is 474 g/mol. The van der Waals surface area contributed by atoms with Crippen molar-refractivity contribution in [3.8, 4) is 17.6 Å². The van der Waals surface area contributed by atoms with Crippen molar-refractivity contribution in [2.24, 2.45) is 5.16 Å². The number of rotatable bonds is 7. The lowest BCUT2D eigenvalue weighted by atomic mass is 10.0. The summed E-state index contributed by atoms with van der Waals surface area (Å²) >= 11 is 1.24. The molecule has 164 valence electrons. The third-order valence-electron chi connectivity index (χ3n) is 4.52. The summed E-state index contributed by atoms with van der Waals surface area (Å²) in [6.45, 7) is 1.95. The lowest BCUT2D eigenvalue weighted by molar-refractivity contribution is 0.219. The van der Waals surface area contributed by atoms with E-state index in [1.54, 1.807) is 60.7 Å². The second-order valence-corrected chi connectivity index (χ2v) is 9.35. The SMILES string of the molecule is Cc1ccccc1/C(C#N)=C1C=C/C(=N\OP(=O)(Oc2ccccc2)Oc2ccccc2)S/1. The Kier molecular flexibility index (Phi) is 6.99. The fourth-order valence-corrected chi connectivity index (χ4v) is 4.91. The van der Waals surface area contributed by atoms with Gasteiger partial charge in [-0.15, -0.1) is 0 Å². The van der Waals surface area contributed by atoms with Crippen LogP contribution in [0.15, 0.2) is 107 Å². The predicted octanol–water partition coefficient (Wildman–Crippen LogP) is 7.13. The molecule has 6 nitrogen and oxygen atoms in total. The Morgan fingerprint density at radius 2 is 1.45 bits per heavy atom. The average molecular weight is 474 g/mol. The van der Waals surface area contributed by atoms with Crippen molar-refractivity contribution in [1.29, 1.82) is 5.26 Å². The Morgan fingerprint density at radius 1 is 0.879 bits per heavy atom. The van der Waals surface area contributed by atoms with Crippen LogP contribution in [-0.4, -0.2) is 5.04 Å². The number of aryl methyl sites for hydroxylation is 1. The molecule has 33 heavy (non-hydrogen) atoms. The summed E-state index contributed by atoms with van der Waals surface area (Å²) in [5.74, 6) is 0.636. The fraction of sp³-hybridized carbons (Fsp3) is 0.0400. The van der Waals surface area contributed by atoms with Crippen LogP contribution in [0.3, 0.4) is 0 Å². The molecule has 0 saturated carbocycles. The van der Waals surface area contributed by atoms with Crippen LogP contribution in [0, 0.1) is 18.3 Å². The van der Waals surface area contributed by atoms with E-state index in [-0.39, 0.29) is 0 Å². The van der Waals surface area contributed by atoms with E-state index < -0.39 is 7.82 Å². The van der Waals surface area contributed by atoms with Crippen LogP contribution >= 0.6 is 19.6 Å². The van der Waals surface area contributed by atoms with Gasteiger partial charge in [0.25, 0.3) is 0 Å². The quantitative estimate of drug-likeness (QED) is 0.206. The molecule has 0 bridgehead atoms. The third-order valence-corrected chi connectivity index (χ3v) is 6.65. The summed E-state index contributed by atoms with van der Waals surface area (Å²) in [5, 5.41) is 14.2. The van der Waals surface area contributed by atoms with E-state index in [0.717, 1.165) is 16.0 Å². The summed E-state index contributed by atoms with van der Waals surface area (Å²) in [6, 6.07) is 27.1. The Morgan fingerprint density at radius 3 is 2.03 bits per heavy atom. The topological polar surface area (TPSA) is 80.9 Å². The standard InChI is InChI=1S/C25H19N2O4PS/c1-19-10-8-9-15-22(19)23(18-26)24-16-17-25(33-24)27-31-32(28,29-20-11-4-2-5-12-20)30-21-13-6-3-7-14-21/h2-17H,1H3/b24-23-,27-25+. The second kappa shape index (κ2) is 10.3. The van der Waals surface area contributed by atoms with Gasteiger partial charge in [-0.2, -0.15) is 9.83 Å². The van der Waals surface area contributed by atoms with Crippen molar-refractivity contribution >= 4 is 30.2 Å². The van der Waals surface area contributed by atoms with Gasteiger partial charge in [-0.05, 0) is 54.5 Å². The van der Waals surface area contributed by atoms with Crippen molar-refractivity contribution in [2.45, 2.75) is 6.92 Å². The molecule has 0 atom stereocenters. The molecule has 3 aromatic carbocycles. The van der Waals surface area contributed by atoms with Crippen molar-refractivity contribution in [3.63, 3.8) is 0 Å². The van der Waals surface area contributed by atoms with Gasteiger partial charge in [0.2, 0.25) is 0 Å². The highest BCUT2D eigenvalue weighted by Gasteiger charge is 2.34. The minimum atomic E-state index is -4.15. The molecule has 0 N–H and O–H groups in total. The van der Waals surface area contributed by atoms with Crippen LogP contribution < -0.4 is 9.05 Å². The molecule has 4 rings (SSSR count). The van der Waals surface area contributed by atoms with Gasteiger partial charge in [0, 0.05) is 4.91 Å². The number of nitrogens with zero attached hydrogens (tertiary/aromatic N) is 2. The molecule has 1 aliphatic heterocycles. The lowest BCUT2D eigenvalue weighted by Gasteiger charge is -2.16. The first-order valence-corrected chi connectivity index (χ1v) is 12.3. The van der Waals surface area contributed by atoms with Gasteiger partial charge >= 0.3 is 7.82 Å². The second-order valence-electron chi connectivity index (χ2n) is 6.87. The van der Waals surface area contributed by atoms with Crippen molar-refractivity contribution in [3.05, 3.63) is 113 Å². The van der Waals surface area contributed by atoms with Gasteiger partial charge in [-0.25, -0.2) is 0 Å². The summed E-state index contributed by atoms with van der Waals surface area (Å²) in [4.78, 5) is 0.719. The number of phosphoric ester groups is 1. The molecule has 0 saturated heterocycles. The van der Waals surface area contributed by atoms with E-state index in [4.69, 9.17) is 13.7 Å². The van der Waals surface area contributed by atoms with E-state index in [0.29, 0.717) is 22.1 Å². The van der Waals surface area contributed by atoms with Crippen LogP contribution in [0.1, 0.15) is 11.1 Å². The van der Waals surface area contributed by atoms with Gasteiger partial charge in [0.1, 0.15) is 22.6 Å². The summed E-state index contributed by atoms with van der Waals surface area (Å²) in [6.07, 6.45) is 3.46. The number of para-hydroxylation sites is 2. The minimum absolute atomic E-state index is 0.318. The van der Waals surface area contributed by atoms with Crippen LogP contribution in [0.2, 0.25) is 0 Å². The number of thioether (sulfide) groups is 1. The summed E-state index contributed by atoms with van der Waals surface area (Å²) in [5.41, 5.74) is 2.37. The van der Waals surface area contributed by atoms with Gasteiger partial charge in [-0.1, -0.05) is 77.6 Å². The largest absolute Gasteiger partial charge is 0.668 e. The van der Waals surface area contributed by atoms with Crippen LogP contribution in [0.4, 0.5) is 0 Å². The van der Waals surface area contributed by atoms with E-state index in [9.17, 15) is 9.83 Å². The smallest absolute Gasteiger partial charge is 0.385 e. The van der Waals surface area contributed by atoms with Crippen molar-refractivity contribution in [2.75, 3.05) is 0 Å². The molecule has 8 heteroatoms. The zero-order chi connectivity index (χ0) is 23.1. The van der Waals surface area contributed by atoms with Crippen molar-refractivity contribution < 1.29 is 18.2 Å². The third kappa shape index (κ3) is 5.75. The molecule has 0 radical (unpaired) electrons. The molecule has 0 fully saturated rings. The molecule has 0 aromatic heterocycles.